The molecule has 2 aliphatic rings. The molecule has 130 valence electrons. The van der Waals surface area contributed by atoms with Crippen LogP contribution in [0.3, 0.4) is 0 Å². The van der Waals surface area contributed by atoms with Crippen molar-refractivity contribution in [2.45, 2.75) is 77.8 Å². The number of hydrogen-bond acceptors (Lipinski definition) is 3. The normalized spacial score (nSPS) is 24.7. The van der Waals surface area contributed by atoms with Crippen LogP contribution in [0, 0.1) is 11.8 Å². The molecule has 1 heterocycles. The lowest BCUT2D eigenvalue weighted by Crippen LogP contribution is -2.49. The van der Waals surface area contributed by atoms with Crippen LogP contribution in [0.1, 0.15) is 65.7 Å². The number of sulfonamides is 1. The van der Waals surface area contributed by atoms with Gasteiger partial charge < -0.3 is 5.32 Å². The predicted octanol–water partition coefficient (Wildman–Crippen LogP) is 3.00. The molecule has 1 saturated heterocycles. The number of nitrogens with one attached hydrogen (secondary N) is 1. The minimum atomic E-state index is -3.05. The van der Waals surface area contributed by atoms with Crippen LogP contribution in [-0.4, -0.2) is 43.6 Å². The van der Waals surface area contributed by atoms with Crippen LogP contribution in [0.2, 0.25) is 0 Å². The molecule has 0 amide bonds. The molecule has 0 radical (unpaired) electrons. The Morgan fingerprint density at radius 1 is 1.00 bits per heavy atom. The zero-order chi connectivity index (χ0) is 16.2. The van der Waals surface area contributed by atoms with Crippen molar-refractivity contribution >= 4 is 10.0 Å². The Bertz CT molecular complexity index is 422. The van der Waals surface area contributed by atoms with Crippen LogP contribution in [0.4, 0.5) is 0 Å². The lowest BCUT2D eigenvalue weighted by atomic mass is 9.84. The average Bonchev–Trinajstić information content (AvgIpc) is 2.47. The average molecular weight is 331 g/mol. The van der Waals surface area contributed by atoms with Crippen LogP contribution < -0.4 is 5.32 Å². The highest BCUT2D eigenvalue weighted by molar-refractivity contribution is 7.89. The van der Waals surface area contributed by atoms with E-state index in [9.17, 15) is 8.42 Å². The van der Waals surface area contributed by atoms with Gasteiger partial charge in [-0.15, -0.1) is 0 Å². The predicted molar refractivity (Wildman–Crippen MR) is 92.4 cm³/mol. The SMILES string of the molecule is CC(C)CS(=O)(=O)N1CCC(N[C@H](C)C2CCCCC2)CC1. The second-order valence-electron chi connectivity index (χ2n) is 7.70. The molecular weight excluding hydrogens is 296 g/mol. The van der Waals surface area contributed by atoms with E-state index in [1.54, 1.807) is 4.31 Å². The topological polar surface area (TPSA) is 49.4 Å². The van der Waals surface area contributed by atoms with Gasteiger partial charge in [-0.2, -0.15) is 0 Å². The van der Waals surface area contributed by atoms with Gasteiger partial charge in [-0.25, -0.2) is 12.7 Å². The lowest BCUT2D eigenvalue weighted by Gasteiger charge is -2.36. The Hall–Kier alpha value is -0.130. The van der Waals surface area contributed by atoms with E-state index in [2.05, 4.69) is 12.2 Å². The van der Waals surface area contributed by atoms with E-state index in [4.69, 9.17) is 0 Å². The minimum Gasteiger partial charge on any atom is -0.311 e. The molecule has 4 nitrogen and oxygen atoms in total. The van der Waals surface area contributed by atoms with E-state index >= 15 is 0 Å². The van der Waals surface area contributed by atoms with Gasteiger partial charge in [0, 0.05) is 25.2 Å². The molecule has 1 saturated carbocycles. The second kappa shape index (κ2) is 8.11. The van der Waals surface area contributed by atoms with Gasteiger partial charge in [0.1, 0.15) is 0 Å². The second-order valence-corrected chi connectivity index (χ2v) is 9.71. The van der Waals surface area contributed by atoms with Crippen molar-refractivity contribution in [3.8, 4) is 0 Å². The van der Waals surface area contributed by atoms with Gasteiger partial charge in [-0.3, -0.25) is 0 Å². The van der Waals surface area contributed by atoms with Crippen molar-refractivity contribution in [1.82, 2.24) is 9.62 Å². The summed E-state index contributed by atoms with van der Waals surface area (Å²) in [5.41, 5.74) is 0. The summed E-state index contributed by atoms with van der Waals surface area (Å²) in [6.07, 6.45) is 8.77. The van der Waals surface area contributed by atoms with E-state index in [0.29, 0.717) is 25.2 Å². The molecule has 0 bridgehead atoms. The highest BCUT2D eigenvalue weighted by Gasteiger charge is 2.30. The smallest absolute Gasteiger partial charge is 0.214 e. The summed E-state index contributed by atoms with van der Waals surface area (Å²) >= 11 is 0. The van der Waals surface area contributed by atoms with Crippen LogP contribution >= 0.6 is 0 Å². The van der Waals surface area contributed by atoms with E-state index in [-0.39, 0.29) is 11.7 Å². The fourth-order valence-electron chi connectivity index (χ4n) is 3.97. The van der Waals surface area contributed by atoms with E-state index in [0.717, 1.165) is 18.8 Å². The Morgan fingerprint density at radius 2 is 1.59 bits per heavy atom. The summed E-state index contributed by atoms with van der Waals surface area (Å²) < 4.78 is 26.3. The van der Waals surface area contributed by atoms with Crippen molar-refractivity contribution in [1.29, 1.82) is 0 Å². The molecule has 0 unspecified atom stereocenters. The van der Waals surface area contributed by atoms with Gasteiger partial charge >= 0.3 is 0 Å². The van der Waals surface area contributed by atoms with Crippen LogP contribution in [0.5, 0.6) is 0 Å². The first kappa shape index (κ1) is 18.2. The summed E-state index contributed by atoms with van der Waals surface area (Å²) in [4.78, 5) is 0. The molecule has 5 heteroatoms. The van der Waals surface area contributed by atoms with Gasteiger partial charge in [0.15, 0.2) is 0 Å². The largest absolute Gasteiger partial charge is 0.311 e. The Balaban J connectivity index is 1.77. The zero-order valence-electron chi connectivity index (χ0n) is 14.6. The minimum absolute atomic E-state index is 0.201. The van der Waals surface area contributed by atoms with Crippen molar-refractivity contribution in [2.75, 3.05) is 18.8 Å². The molecule has 0 spiro atoms. The molecular formula is C17H34N2O2S. The fraction of sp³-hybridized carbons (Fsp3) is 1.00. The van der Waals surface area contributed by atoms with Crippen LogP contribution in [0.15, 0.2) is 0 Å². The molecule has 1 atom stereocenters. The molecule has 2 rings (SSSR count). The van der Waals surface area contributed by atoms with Gasteiger partial charge in [-0.05, 0) is 44.4 Å². The van der Waals surface area contributed by atoms with Crippen molar-refractivity contribution in [2.24, 2.45) is 11.8 Å². The first-order valence-corrected chi connectivity index (χ1v) is 10.7. The van der Waals surface area contributed by atoms with Gasteiger partial charge in [0.25, 0.3) is 0 Å². The molecule has 22 heavy (non-hydrogen) atoms. The lowest BCUT2D eigenvalue weighted by molar-refractivity contribution is 0.225. The maximum Gasteiger partial charge on any atom is 0.214 e. The van der Waals surface area contributed by atoms with Gasteiger partial charge in [0.05, 0.1) is 5.75 Å². The number of rotatable bonds is 6. The highest BCUT2D eigenvalue weighted by Crippen LogP contribution is 2.27. The van der Waals surface area contributed by atoms with Crippen molar-refractivity contribution < 1.29 is 8.42 Å². The summed E-state index contributed by atoms with van der Waals surface area (Å²) in [7, 11) is -3.05. The molecule has 1 aliphatic carbocycles. The van der Waals surface area contributed by atoms with E-state index in [1.165, 1.54) is 32.1 Å². The summed E-state index contributed by atoms with van der Waals surface area (Å²) in [6.45, 7) is 7.63. The molecule has 0 aromatic rings. The van der Waals surface area contributed by atoms with E-state index < -0.39 is 10.0 Å². The Labute approximate surface area is 137 Å². The maximum absolute atomic E-state index is 12.3. The first-order valence-electron chi connectivity index (χ1n) is 9.12. The quantitative estimate of drug-likeness (QED) is 0.814. The van der Waals surface area contributed by atoms with Crippen LogP contribution in [-0.2, 0) is 10.0 Å². The van der Waals surface area contributed by atoms with Gasteiger partial charge in [0.2, 0.25) is 10.0 Å². The van der Waals surface area contributed by atoms with Crippen LogP contribution in [0.25, 0.3) is 0 Å². The van der Waals surface area contributed by atoms with E-state index in [1.807, 2.05) is 13.8 Å². The molecule has 0 aromatic heterocycles. The maximum atomic E-state index is 12.3. The number of nitrogens with zero attached hydrogens (tertiary/aromatic N) is 1. The van der Waals surface area contributed by atoms with Crippen molar-refractivity contribution in [3.63, 3.8) is 0 Å². The Kier molecular flexibility index (Phi) is 6.72. The molecule has 1 aliphatic heterocycles. The third-order valence-electron chi connectivity index (χ3n) is 5.25. The molecule has 2 fully saturated rings. The highest BCUT2D eigenvalue weighted by atomic mass is 32.2. The van der Waals surface area contributed by atoms with Crippen molar-refractivity contribution in [3.05, 3.63) is 0 Å². The first-order chi connectivity index (χ1) is 10.4. The summed E-state index contributed by atoms with van der Waals surface area (Å²) in [5, 5.41) is 3.78. The zero-order valence-corrected chi connectivity index (χ0v) is 15.4. The number of piperidine rings is 1. The summed E-state index contributed by atoms with van der Waals surface area (Å²) in [5.74, 6) is 1.30. The molecule has 1 N–H and O–H groups in total. The number of hydrogen-bond donors (Lipinski definition) is 1. The standard InChI is InChI=1S/C17H34N2O2S/c1-14(2)13-22(20,21)19-11-9-17(10-12-19)18-15(3)16-7-5-4-6-8-16/h14-18H,4-13H2,1-3H3/t15-/m1/s1. The summed E-state index contributed by atoms with van der Waals surface area (Å²) in [6, 6.07) is 1.06. The Morgan fingerprint density at radius 3 is 2.14 bits per heavy atom. The monoisotopic (exact) mass is 330 g/mol. The third-order valence-corrected chi connectivity index (χ3v) is 7.49. The third kappa shape index (κ3) is 5.20. The van der Waals surface area contributed by atoms with Gasteiger partial charge in [-0.1, -0.05) is 33.1 Å². The molecule has 0 aromatic carbocycles. The fourth-order valence-corrected chi connectivity index (χ4v) is 5.79.